The summed E-state index contributed by atoms with van der Waals surface area (Å²) in [5.41, 5.74) is 0. The van der Waals surface area contributed by atoms with E-state index in [1.54, 1.807) is 6.92 Å². The summed E-state index contributed by atoms with van der Waals surface area (Å²) >= 11 is 0. The van der Waals surface area contributed by atoms with Gasteiger partial charge in [-0.05, 0) is 16.3 Å². The van der Waals surface area contributed by atoms with E-state index < -0.39 is 20.6 Å². The summed E-state index contributed by atoms with van der Waals surface area (Å²) in [6.07, 6.45) is 1.60. The van der Waals surface area contributed by atoms with Gasteiger partial charge >= 0.3 is 5.82 Å². The van der Waals surface area contributed by atoms with Crippen LogP contribution in [0.15, 0.2) is 23.2 Å². The zero-order valence-corrected chi connectivity index (χ0v) is 8.90. The van der Waals surface area contributed by atoms with Crippen LogP contribution in [-0.2, 0) is 9.84 Å². The van der Waals surface area contributed by atoms with Crippen molar-refractivity contribution in [2.24, 2.45) is 0 Å². The first kappa shape index (κ1) is 11.6. The van der Waals surface area contributed by atoms with Crippen LogP contribution in [0.25, 0.3) is 0 Å². The first-order chi connectivity index (χ1) is 6.97. The van der Waals surface area contributed by atoms with Gasteiger partial charge in [-0.2, -0.15) is 0 Å². The normalized spacial score (nSPS) is 11.3. The lowest BCUT2D eigenvalue weighted by Crippen LogP contribution is -2.06. The van der Waals surface area contributed by atoms with Crippen LogP contribution in [0, 0.1) is 10.1 Å². The number of pyridine rings is 1. The van der Waals surface area contributed by atoms with Crippen LogP contribution < -0.4 is 0 Å². The second-order valence-electron chi connectivity index (χ2n) is 2.93. The first-order valence-electron chi connectivity index (χ1n) is 4.30. The van der Waals surface area contributed by atoms with Crippen LogP contribution >= 0.6 is 0 Å². The van der Waals surface area contributed by atoms with E-state index in [9.17, 15) is 18.5 Å². The summed E-state index contributed by atoms with van der Waals surface area (Å²) in [7, 11) is -3.41. The standard InChI is InChI=1S/C8H10N2O4S/c1-2-5-15(13,14)7-3-4-9-8(6-7)10(11)12/h3-4,6H,2,5H2,1H3. The fourth-order valence-electron chi connectivity index (χ4n) is 1.08. The summed E-state index contributed by atoms with van der Waals surface area (Å²) in [5.74, 6) is -0.471. The molecule has 0 aromatic carbocycles. The smallest absolute Gasteiger partial charge is 0.358 e. The van der Waals surface area contributed by atoms with Crippen molar-refractivity contribution in [3.63, 3.8) is 0 Å². The van der Waals surface area contributed by atoms with Gasteiger partial charge in [-0.1, -0.05) is 6.92 Å². The largest absolute Gasteiger partial charge is 0.364 e. The Bertz CT molecular complexity index is 469. The van der Waals surface area contributed by atoms with Crippen molar-refractivity contribution in [2.75, 3.05) is 5.75 Å². The lowest BCUT2D eigenvalue weighted by molar-refractivity contribution is -0.389. The Morgan fingerprint density at radius 2 is 2.20 bits per heavy atom. The van der Waals surface area contributed by atoms with Crippen molar-refractivity contribution >= 4 is 15.7 Å². The average Bonchev–Trinajstić information content (AvgIpc) is 2.18. The molecule has 0 bridgehead atoms. The second kappa shape index (κ2) is 4.35. The average molecular weight is 230 g/mol. The molecule has 6 nitrogen and oxygen atoms in total. The molecule has 0 fully saturated rings. The molecule has 0 aliphatic heterocycles. The highest BCUT2D eigenvalue weighted by molar-refractivity contribution is 7.91. The quantitative estimate of drug-likeness (QED) is 0.572. The maximum atomic E-state index is 11.6. The minimum absolute atomic E-state index is 0.0197. The van der Waals surface area contributed by atoms with Gasteiger partial charge in [0.15, 0.2) is 9.84 Å². The molecule has 1 heterocycles. The molecule has 0 saturated heterocycles. The predicted octanol–water partition coefficient (Wildman–Crippen LogP) is 1.17. The van der Waals surface area contributed by atoms with Gasteiger partial charge in [-0.3, -0.25) is 0 Å². The van der Waals surface area contributed by atoms with Crippen molar-refractivity contribution in [2.45, 2.75) is 18.2 Å². The maximum Gasteiger partial charge on any atom is 0.364 e. The Hall–Kier alpha value is -1.50. The zero-order chi connectivity index (χ0) is 11.5. The minimum atomic E-state index is -3.41. The van der Waals surface area contributed by atoms with Crippen LogP contribution in [-0.4, -0.2) is 24.1 Å². The molecule has 1 rings (SSSR count). The summed E-state index contributed by atoms with van der Waals surface area (Å²) in [6.45, 7) is 1.73. The van der Waals surface area contributed by atoms with Gasteiger partial charge in [0.1, 0.15) is 6.20 Å². The molecule has 0 saturated carbocycles. The first-order valence-corrected chi connectivity index (χ1v) is 5.96. The summed E-state index contributed by atoms with van der Waals surface area (Å²) < 4.78 is 23.1. The van der Waals surface area contributed by atoms with Crippen LogP contribution in [0.5, 0.6) is 0 Å². The molecular formula is C8H10N2O4S. The van der Waals surface area contributed by atoms with Gasteiger partial charge in [0.05, 0.1) is 16.7 Å². The van der Waals surface area contributed by atoms with E-state index in [0.717, 1.165) is 12.3 Å². The topological polar surface area (TPSA) is 90.2 Å². The monoisotopic (exact) mass is 230 g/mol. The highest BCUT2D eigenvalue weighted by atomic mass is 32.2. The fourth-order valence-corrected chi connectivity index (χ4v) is 2.41. The van der Waals surface area contributed by atoms with Crippen LogP contribution in [0.3, 0.4) is 0 Å². The molecular weight excluding hydrogens is 220 g/mol. The van der Waals surface area contributed by atoms with Gasteiger partial charge in [0.2, 0.25) is 0 Å². The van der Waals surface area contributed by atoms with E-state index in [2.05, 4.69) is 4.98 Å². The SMILES string of the molecule is CCCS(=O)(=O)c1ccnc([N+](=O)[O-])c1. The number of nitro groups is 1. The lowest BCUT2D eigenvalue weighted by atomic mass is 10.5. The lowest BCUT2D eigenvalue weighted by Gasteiger charge is -2.00. The third kappa shape index (κ3) is 2.72. The number of rotatable bonds is 4. The highest BCUT2D eigenvalue weighted by Crippen LogP contribution is 2.16. The van der Waals surface area contributed by atoms with Gasteiger partial charge in [-0.25, -0.2) is 8.42 Å². The molecule has 1 aromatic rings. The van der Waals surface area contributed by atoms with Gasteiger partial charge in [0, 0.05) is 6.07 Å². The van der Waals surface area contributed by atoms with E-state index in [0.29, 0.717) is 6.42 Å². The number of hydrogen-bond donors (Lipinski definition) is 0. The van der Waals surface area contributed by atoms with E-state index in [4.69, 9.17) is 0 Å². The van der Waals surface area contributed by atoms with Crippen LogP contribution in [0.1, 0.15) is 13.3 Å². The number of aromatic nitrogens is 1. The molecule has 0 aliphatic carbocycles. The maximum absolute atomic E-state index is 11.6. The zero-order valence-electron chi connectivity index (χ0n) is 8.08. The van der Waals surface area contributed by atoms with Crippen molar-refractivity contribution < 1.29 is 13.3 Å². The Kier molecular flexibility index (Phi) is 3.35. The van der Waals surface area contributed by atoms with E-state index in [1.807, 2.05) is 0 Å². The summed E-state index contributed by atoms with van der Waals surface area (Å²) in [4.78, 5) is 13.1. The summed E-state index contributed by atoms with van der Waals surface area (Å²) in [6, 6.07) is 2.24. The molecule has 15 heavy (non-hydrogen) atoms. The van der Waals surface area contributed by atoms with Gasteiger partial charge in [0.25, 0.3) is 0 Å². The molecule has 0 radical (unpaired) electrons. The van der Waals surface area contributed by atoms with Crippen molar-refractivity contribution in [1.82, 2.24) is 4.98 Å². The molecule has 0 atom stereocenters. The Morgan fingerprint density at radius 3 is 2.73 bits per heavy atom. The molecule has 0 spiro atoms. The van der Waals surface area contributed by atoms with Crippen LogP contribution in [0.2, 0.25) is 0 Å². The third-order valence-corrected chi connectivity index (χ3v) is 3.65. The summed E-state index contributed by atoms with van der Waals surface area (Å²) in [5, 5.41) is 10.4. The number of sulfone groups is 1. The van der Waals surface area contributed by atoms with Gasteiger partial charge in [-0.15, -0.1) is 0 Å². The molecule has 0 unspecified atom stereocenters. The molecule has 0 amide bonds. The third-order valence-electron chi connectivity index (χ3n) is 1.74. The Morgan fingerprint density at radius 1 is 1.53 bits per heavy atom. The molecule has 0 N–H and O–H groups in total. The fraction of sp³-hybridized carbons (Fsp3) is 0.375. The van der Waals surface area contributed by atoms with Crippen molar-refractivity contribution in [3.8, 4) is 0 Å². The Labute approximate surface area is 87.0 Å². The number of hydrogen-bond acceptors (Lipinski definition) is 5. The molecule has 0 aliphatic rings. The van der Waals surface area contributed by atoms with E-state index in [-0.39, 0.29) is 10.6 Å². The van der Waals surface area contributed by atoms with Crippen molar-refractivity contribution in [3.05, 3.63) is 28.4 Å². The van der Waals surface area contributed by atoms with Crippen LogP contribution in [0.4, 0.5) is 5.82 Å². The van der Waals surface area contributed by atoms with Crippen molar-refractivity contribution in [1.29, 1.82) is 0 Å². The molecule has 82 valence electrons. The minimum Gasteiger partial charge on any atom is -0.358 e. The predicted molar refractivity (Wildman–Crippen MR) is 53.2 cm³/mol. The van der Waals surface area contributed by atoms with E-state index in [1.165, 1.54) is 6.07 Å². The Balaban J connectivity index is 3.16. The van der Waals surface area contributed by atoms with Gasteiger partial charge < -0.3 is 10.1 Å². The molecule has 7 heteroatoms. The number of nitrogens with zero attached hydrogens (tertiary/aromatic N) is 2. The highest BCUT2D eigenvalue weighted by Gasteiger charge is 2.17. The molecule has 1 aromatic heterocycles. The van der Waals surface area contributed by atoms with E-state index >= 15 is 0 Å². The second-order valence-corrected chi connectivity index (χ2v) is 5.03.